The van der Waals surface area contributed by atoms with Crippen LogP contribution in [0.2, 0.25) is 0 Å². The fourth-order valence-electron chi connectivity index (χ4n) is 2.94. The van der Waals surface area contributed by atoms with Gasteiger partial charge in [0.1, 0.15) is 0 Å². The number of nitrogens with one attached hydrogen (secondary N) is 2. The molecule has 1 aliphatic heterocycles. The molecule has 1 saturated heterocycles. The van der Waals surface area contributed by atoms with Crippen LogP contribution in [0.15, 0.2) is 4.99 Å². The number of nitrogens with zero attached hydrogens (tertiary/aromatic N) is 1. The summed E-state index contributed by atoms with van der Waals surface area (Å²) in [6, 6.07) is 0. The van der Waals surface area contributed by atoms with E-state index in [1.807, 2.05) is 7.05 Å². The summed E-state index contributed by atoms with van der Waals surface area (Å²) in [4.78, 5) is 4.33. The molecule has 1 atom stereocenters. The van der Waals surface area contributed by atoms with E-state index in [1.54, 1.807) is 0 Å². The van der Waals surface area contributed by atoms with E-state index in [9.17, 15) is 0 Å². The summed E-state index contributed by atoms with van der Waals surface area (Å²) in [6.45, 7) is 4.51. The number of aliphatic imine (C=N–C) groups is 1. The summed E-state index contributed by atoms with van der Waals surface area (Å²) >= 11 is 2.09. The monoisotopic (exact) mass is 397 g/mol. The van der Waals surface area contributed by atoms with Crippen molar-refractivity contribution < 1.29 is 0 Å². The van der Waals surface area contributed by atoms with Gasteiger partial charge in [0.05, 0.1) is 0 Å². The normalized spacial score (nSPS) is 26.0. The zero-order valence-electron chi connectivity index (χ0n) is 12.2. The van der Waals surface area contributed by atoms with Crippen molar-refractivity contribution in [2.24, 2.45) is 10.4 Å². The number of halogens is 1. The van der Waals surface area contributed by atoms with Crippen LogP contribution in [-0.2, 0) is 0 Å². The lowest BCUT2D eigenvalue weighted by molar-refractivity contribution is 0.334. The van der Waals surface area contributed by atoms with Gasteiger partial charge in [-0.1, -0.05) is 19.8 Å². The molecule has 2 aliphatic rings. The van der Waals surface area contributed by atoms with Gasteiger partial charge in [-0.3, -0.25) is 4.99 Å². The Morgan fingerprint density at radius 1 is 1.26 bits per heavy atom. The third kappa shape index (κ3) is 5.69. The molecular weight excluding hydrogens is 369 g/mol. The Labute approximate surface area is 139 Å². The first kappa shape index (κ1) is 17.4. The van der Waals surface area contributed by atoms with Crippen molar-refractivity contribution in [2.45, 2.75) is 50.7 Å². The summed E-state index contributed by atoms with van der Waals surface area (Å²) in [5.74, 6) is 2.31. The summed E-state index contributed by atoms with van der Waals surface area (Å²) in [5, 5.41) is 7.76. The number of guanidine groups is 1. The lowest BCUT2D eigenvalue weighted by Gasteiger charge is -2.25. The number of rotatable bonds is 4. The third-order valence-corrected chi connectivity index (χ3v) is 5.64. The van der Waals surface area contributed by atoms with E-state index in [0.717, 1.165) is 24.3 Å². The van der Waals surface area contributed by atoms with Gasteiger partial charge >= 0.3 is 0 Å². The van der Waals surface area contributed by atoms with E-state index in [2.05, 4.69) is 34.3 Å². The standard InChI is InChI=1S/C14H27N3S.HI/c1-14(7-3-4-8-14)11-17-13(15-2)16-10-12-6-5-9-18-12;/h12H,3-11H2,1-2H3,(H2,15,16,17);1H. The number of thioether (sulfide) groups is 1. The van der Waals surface area contributed by atoms with Crippen molar-refractivity contribution in [1.29, 1.82) is 0 Å². The molecule has 0 amide bonds. The lowest BCUT2D eigenvalue weighted by atomic mass is 9.89. The minimum atomic E-state index is 0. The number of hydrogen-bond donors (Lipinski definition) is 2. The molecule has 2 rings (SSSR count). The van der Waals surface area contributed by atoms with Gasteiger partial charge < -0.3 is 10.6 Å². The minimum Gasteiger partial charge on any atom is -0.356 e. The van der Waals surface area contributed by atoms with Crippen molar-refractivity contribution in [3.8, 4) is 0 Å². The average molecular weight is 397 g/mol. The van der Waals surface area contributed by atoms with E-state index in [0.29, 0.717) is 5.41 Å². The van der Waals surface area contributed by atoms with Gasteiger partial charge in [-0.15, -0.1) is 24.0 Å². The van der Waals surface area contributed by atoms with Crippen LogP contribution in [0.25, 0.3) is 0 Å². The highest BCUT2D eigenvalue weighted by molar-refractivity contribution is 14.0. The molecule has 112 valence electrons. The van der Waals surface area contributed by atoms with Crippen molar-refractivity contribution in [1.82, 2.24) is 10.6 Å². The maximum absolute atomic E-state index is 4.33. The Morgan fingerprint density at radius 2 is 2.00 bits per heavy atom. The van der Waals surface area contributed by atoms with E-state index < -0.39 is 0 Å². The van der Waals surface area contributed by atoms with E-state index in [-0.39, 0.29) is 24.0 Å². The molecule has 5 heteroatoms. The van der Waals surface area contributed by atoms with Crippen molar-refractivity contribution in [3.63, 3.8) is 0 Å². The topological polar surface area (TPSA) is 36.4 Å². The Bertz CT molecular complexity index is 284. The minimum absolute atomic E-state index is 0. The maximum atomic E-state index is 4.33. The van der Waals surface area contributed by atoms with Crippen LogP contribution in [0.1, 0.15) is 45.4 Å². The quantitative estimate of drug-likeness (QED) is 0.435. The van der Waals surface area contributed by atoms with Gasteiger partial charge in [0.2, 0.25) is 0 Å². The molecule has 0 aromatic rings. The molecule has 2 N–H and O–H groups in total. The van der Waals surface area contributed by atoms with E-state index in [4.69, 9.17) is 0 Å². The highest BCUT2D eigenvalue weighted by Crippen LogP contribution is 2.36. The fraction of sp³-hybridized carbons (Fsp3) is 0.929. The van der Waals surface area contributed by atoms with Gasteiger partial charge in [-0.05, 0) is 36.9 Å². The molecule has 1 aliphatic carbocycles. The first-order chi connectivity index (χ1) is 8.72. The zero-order chi connectivity index (χ0) is 12.8. The van der Waals surface area contributed by atoms with Crippen LogP contribution in [0.4, 0.5) is 0 Å². The molecule has 0 spiro atoms. The highest BCUT2D eigenvalue weighted by atomic mass is 127. The molecule has 0 aromatic heterocycles. The predicted molar refractivity (Wildman–Crippen MR) is 96.8 cm³/mol. The molecule has 1 saturated carbocycles. The van der Waals surface area contributed by atoms with Crippen molar-refractivity contribution in [2.75, 3.05) is 25.9 Å². The zero-order valence-corrected chi connectivity index (χ0v) is 15.4. The van der Waals surface area contributed by atoms with Crippen LogP contribution in [-0.4, -0.2) is 37.1 Å². The summed E-state index contributed by atoms with van der Waals surface area (Å²) < 4.78 is 0. The van der Waals surface area contributed by atoms with E-state index >= 15 is 0 Å². The largest absolute Gasteiger partial charge is 0.356 e. The molecule has 19 heavy (non-hydrogen) atoms. The molecule has 0 radical (unpaired) electrons. The fourth-order valence-corrected chi connectivity index (χ4v) is 4.14. The Balaban J connectivity index is 0.00000180. The van der Waals surface area contributed by atoms with Crippen molar-refractivity contribution in [3.05, 3.63) is 0 Å². The van der Waals surface area contributed by atoms with Gasteiger partial charge in [0.25, 0.3) is 0 Å². The van der Waals surface area contributed by atoms with Gasteiger partial charge in [0, 0.05) is 25.4 Å². The van der Waals surface area contributed by atoms with Crippen molar-refractivity contribution >= 4 is 41.7 Å². The Hall–Kier alpha value is 0.350. The maximum Gasteiger partial charge on any atom is 0.191 e. The molecule has 0 bridgehead atoms. The molecule has 1 unspecified atom stereocenters. The second-order valence-electron chi connectivity index (χ2n) is 5.96. The average Bonchev–Trinajstić information content (AvgIpc) is 3.01. The first-order valence-corrected chi connectivity index (χ1v) is 8.33. The predicted octanol–water partition coefficient (Wildman–Crippen LogP) is 3.25. The number of hydrogen-bond acceptors (Lipinski definition) is 2. The Morgan fingerprint density at radius 3 is 2.58 bits per heavy atom. The van der Waals surface area contributed by atoms with Gasteiger partial charge in [0.15, 0.2) is 5.96 Å². The summed E-state index contributed by atoms with van der Waals surface area (Å²) in [7, 11) is 1.87. The second-order valence-corrected chi connectivity index (χ2v) is 7.37. The van der Waals surface area contributed by atoms with Gasteiger partial charge in [-0.25, -0.2) is 0 Å². The SMILES string of the molecule is CN=C(NCC1CCCS1)NCC1(C)CCCC1.I. The molecule has 2 fully saturated rings. The van der Waals surface area contributed by atoms with Crippen LogP contribution in [0.3, 0.4) is 0 Å². The smallest absolute Gasteiger partial charge is 0.191 e. The third-order valence-electron chi connectivity index (χ3n) is 4.24. The summed E-state index contributed by atoms with van der Waals surface area (Å²) in [6.07, 6.45) is 8.23. The molecule has 3 nitrogen and oxygen atoms in total. The van der Waals surface area contributed by atoms with Crippen LogP contribution in [0, 0.1) is 5.41 Å². The van der Waals surface area contributed by atoms with E-state index in [1.165, 1.54) is 44.3 Å². The van der Waals surface area contributed by atoms with Crippen LogP contribution in [0.5, 0.6) is 0 Å². The van der Waals surface area contributed by atoms with Gasteiger partial charge in [-0.2, -0.15) is 11.8 Å². The lowest BCUT2D eigenvalue weighted by Crippen LogP contribution is -2.43. The first-order valence-electron chi connectivity index (χ1n) is 7.28. The van der Waals surface area contributed by atoms with Crippen LogP contribution >= 0.6 is 35.7 Å². The molecule has 0 aromatic carbocycles. The molecular formula is C14H28IN3S. The molecule has 1 heterocycles. The second kappa shape index (κ2) is 8.60. The highest BCUT2D eigenvalue weighted by Gasteiger charge is 2.28. The summed E-state index contributed by atoms with van der Waals surface area (Å²) in [5.41, 5.74) is 0.486. The Kier molecular flexibility index (Phi) is 7.87. The van der Waals surface area contributed by atoms with Crippen LogP contribution < -0.4 is 10.6 Å².